The number of carbonyl (C=O) groups excluding carboxylic acids is 1. The van der Waals surface area contributed by atoms with Crippen molar-refractivity contribution in [1.29, 1.82) is 0 Å². The number of carboxylic acids is 1. The molecular formula is C17H23NO3. The summed E-state index contributed by atoms with van der Waals surface area (Å²) in [6.45, 7) is 6.00. The first-order chi connectivity index (χ1) is 9.84. The lowest BCUT2D eigenvalue weighted by molar-refractivity contribution is -0.150. The number of carboxylic acid groups (broad SMARTS) is 1. The predicted molar refractivity (Wildman–Crippen MR) is 81.0 cm³/mol. The van der Waals surface area contributed by atoms with Gasteiger partial charge in [-0.3, -0.25) is 9.59 Å². The molecule has 1 aliphatic rings. The van der Waals surface area contributed by atoms with Crippen LogP contribution in [-0.4, -0.2) is 23.0 Å². The Labute approximate surface area is 125 Å². The summed E-state index contributed by atoms with van der Waals surface area (Å²) in [5.41, 5.74) is 0.307. The highest BCUT2D eigenvalue weighted by molar-refractivity contribution is 5.94. The maximum atomic E-state index is 12.3. The second kappa shape index (κ2) is 5.88. The zero-order chi connectivity index (χ0) is 15.6. The minimum Gasteiger partial charge on any atom is -0.481 e. The van der Waals surface area contributed by atoms with Gasteiger partial charge in [-0.15, -0.1) is 0 Å². The number of nitrogens with one attached hydrogen (secondary N) is 1. The molecule has 0 heterocycles. The van der Waals surface area contributed by atoms with Gasteiger partial charge in [0.15, 0.2) is 0 Å². The van der Waals surface area contributed by atoms with Crippen LogP contribution >= 0.6 is 0 Å². The van der Waals surface area contributed by atoms with E-state index in [2.05, 4.69) is 5.32 Å². The Morgan fingerprint density at radius 3 is 2.38 bits per heavy atom. The highest BCUT2D eigenvalue weighted by atomic mass is 16.4. The summed E-state index contributed by atoms with van der Waals surface area (Å²) < 4.78 is 0. The molecule has 0 bridgehead atoms. The number of benzene rings is 1. The van der Waals surface area contributed by atoms with Crippen molar-refractivity contribution in [1.82, 2.24) is 5.32 Å². The topological polar surface area (TPSA) is 66.4 Å². The normalized spacial score (nSPS) is 27.9. The fraction of sp³-hybridized carbons (Fsp3) is 0.529. The van der Waals surface area contributed by atoms with Crippen molar-refractivity contribution in [2.45, 2.75) is 39.7 Å². The van der Waals surface area contributed by atoms with E-state index in [4.69, 9.17) is 0 Å². The van der Waals surface area contributed by atoms with Crippen LogP contribution in [0.2, 0.25) is 0 Å². The van der Waals surface area contributed by atoms with Crippen molar-refractivity contribution in [2.24, 2.45) is 17.3 Å². The Bertz CT molecular complexity index is 524. The van der Waals surface area contributed by atoms with Gasteiger partial charge in [0.2, 0.25) is 0 Å². The number of hydrogen-bond donors (Lipinski definition) is 2. The summed E-state index contributed by atoms with van der Waals surface area (Å²) in [5.74, 6) is -1.06. The Hall–Kier alpha value is -1.84. The van der Waals surface area contributed by atoms with Crippen molar-refractivity contribution in [3.05, 3.63) is 35.9 Å². The standard InChI is InChI=1S/C17H23NO3/c1-11-14(10-9-13(16(20)21)17(11,2)3)18-15(19)12-7-5-4-6-8-12/h4-8,11,13-14H,9-10H2,1-3H3,(H,18,19)(H,20,21). The molecule has 2 N–H and O–H groups in total. The maximum absolute atomic E-state index is 12.3. The lowest BCUT2D eigenvalue weighted by Crippen LogP contribution is -2.52. The van der Waals surface area contributed by atoms with Crippen LogP contribution in [0.3, 0.4) is 0 Å². The van der Waals surface area contributed by atoms with E-state index in [0.29, 0.717) is 18.4 Å². The lowest BCUT2D eigenvalue weighted by Gasteiger charge is -2.46. The maximum Gasteiger partial charge on any atom is 0.307 e. The molecule has 1 aromatic carbocycles. The van der Waals surface area contributed by atoms with E-state index in [-0.39, 0.29) is 29.2 Å². The van der Waals surface area contributed by atoms with Crippen molar-refractivity contribution in [3.63, 3.8) is 0 Å². The van der Waals surface area contributed by atoms with Crippen LogP contribution in [0.15, 0.2) is 30.3 Å². The molecule has 0 spiro atoms. The number of hydrogen-bond acceptors (Lipinski definition) is 2. The summed E-state index contributed by atoms with van der Waals surface area (Å²) in [5, 5.41) is 12.4. The molecule has 1 aromatic rings. The number of rotatable bonds is 3. The zero-order valence-corrected chi connectivity index (χ0v) is 12.8. The molecule has 1 fully saturated rings. The molecule has 2 rings (SSSR count). The second-order valence-corrected chi connectivity index (χ2v) is 6.52. The molecule has 3 atom stereocenters. The Kier molecular flexibility index (Phi) is 4.35. The van der Waals surface area contributed by atoms with Crippen LogP contribution in [0.5, 0.6) is 0 Å². The lowest BCUT2D eigenvalue weighted by atomic mass is 9.61. The SMILES string of the molecule is CC1C(NC(=O)c2ccccc2)CCC(C(=O)O)C1(C)C. The van der Waals surface area contributed by atoms with Gasteiger partial charge < -0.3 is 10.4 Å². The quantitative estimate of drug-likeness (QED) is 0.899. The number of aliphatic carboxylic acids is 1. The molecular weight excluding hydrogens is 266 g/mol. The van der Waals surface area contributed by atoms with Crippen molar-refractivity contribution in [3.8, 4) is 0 Å². The third-order valence-corrected chi connectivity index (χ3v) is 5.09. The summed E-state index contributed by atoms with van der Waals surface area (Å²) >= 11 is 0. The summed E-state index contributed by atoms with van der Waals surface area (Å²) in [7, 11) is 0. The van der Waals surface area contributed by atoms with E-state index in [1.807, 2.05) is 39.0 Å². The molecule has 1 saturated carbocycles. The molecule has 0 saturated heterocycles. The van der Waals surface area contributed by atoms with Crippen molar-refractivity contribution < 1.29 is 14.7 Å². The molecule has 4 nitrogen and oxygen atoms in total. The van der Waals surface area contributed by atoms with Gasteiger partial charge in [-0.05, 0) is 36.3 Å². The van der Waals surface area contributed by atoms with E-state index < -0.39 is 5.97 Å². The van der Waals surface area contributed by atoms with Crippen LogP contribution in [-0.2, 0) is 4.79 Å². The predicted octanol–water partition coefficient (Wildman–Crippen LogP) is 2.94. The van der Waals surface area contributed by atoms with Crippen LogP contribution in [0, 0.1) is 17.3 Å². The van der Waals surface area contributed by atoms with Gasteiger partial charge in [0.25, 0.3) is 5.91 Å². The fourth-order valence-electron chi connectivity index (χ4n) is 3.28. The van der Waals surface area contributed by atoms with Gasteiger partial charge in [-0.1, -0.05) is 39.0 Å². The van der Waals surface area contributed by atoms with Gasteiger partial charge in [0, 0.05) is 11.6 Å². The molecule has 0 aliphatic heterocycles. The molecule has 4 heteroatoms. The second-order valence-electron chi connectivity index (χ2n) is 6.52. The first kappa shape index (κ1) is 15.5. The molecule has 114 valence electrons. The van der Waals surface area contributed by atoms with E-state index >= 15 is 0 Å². The Balaban J connectivity index is 2.09. The Morgan fingerprint density at radius 2 is 1.81 bits per heavy atom. The molecule has 21 heavy (non-hydrogen) atoms. The van der Waals surface area contributed by atoms with Crippen LogP contribution in [0.1, 0.15) is 44.0 Å². The van der Waals surface area contributed by atoms with E-state index in [0.717, 1.165) is 0 Å². The van der Waals surface area contributed by atoms with E-state index in [1.54, 1.807) is 12.1 Å². The average molecular weight is 289 g/mol. The summed E-state index contributed by atoms with van der Waals surface area (Å²) in [4.78, 5) is 23.6. The van der Waals surface area contributed by atoms with Crippen LogP contribution in [0.25, 0.3) is 0 Å². The van der Waals surface area contributed by atoms with Gasteiger partial charge >= 0.3 is 5.97 Å². The van der Waals surface area contributed by atoms with Gasteiger partial charge in [-0.25, -0.2) is 0 Å². The summed E-state index contributed by atoms with van der Waals surface area (Å²) in [6, 6.07) is 9.14. The van der Waals surface area contributed by atoms with E-state index in [9.17, 15) is 14.7 Å². The first-order valence-corrected chi connectivity index (χ1v) is 7.42. The summed E-state index contributed by atoms with van der Waals surface area (Å²) in [6.07, 6.45) is 1.31. The van der Waals surface area contributed by atoms with Crippen molar-refractivity contribution in [2.75, 3.05) is 0 Å². The number of carbonyl (C=O) groups is 2. The highest BCUT2D eigenvalue weighted by Gasteiger charge is 2.46. The first-order valence-electron chi connectivity index (χ1n) is 7.42. The molecule has 0 radical (unpaired) electrons. The molecule has 1 aliphatic carbocycles. The number of amides is 1. The van der Waals surface area contributed by atoms with Crippen LogP contribution < -0.4 is 5.32 Å². The Morgan fingerprint density at radius 1 is 1.19 bits per heavy atom. The largest absolute Gasteiger partial charge is 0.481 e. The molecule has 0 aromatic heterocycles. The van der Waals surface area contributed by atoms with Gasteiger partial charge in [-0.2, -0.15) is 0 Å². The average Bonchev–Trinajstić information content (AvgIpc) is 2.44. The minimum absolute atomic E-state index is 0.0170. The smallest absolute Gasteiger partial charge is 0.307 e. The fourth-order valence-corrected chi connectivity index (χ4v) is 3.28. The third kappa shape index (κ3) is 3.09. The third-order valence-electron chi connectivity index (χ3n) is 5.09. The monoisotopic (exact) mass is 289 g/mol. The van der Waals surface area contributed by atoms with E-state index in [1.165, 1.54) is 0 Å². The molecule has 3 unspecified atom stereocenters. The minimum atomic E-state index is -0.736. The van der Waals surface area contributed by atoms with Crippen LogP contribution in [0.4, 0.5) is 0 Å². The highest BCUT2D eigenvalue weighted by Crippen LogP contribution is 2.45. The van der Waals surface area contributed by atoms with Crippen molar-refractivity contribution >= 4 is 11.9 Å². The molecule has 1 amide bonds. The van der Waals surface area contributed by atoms with Gasteiger partial charge in [0.05, 0.1) is 5.92 Å². The van der Waals surface area contributed by atoms with Gasteiger partial charge in [0.1, 0.15) is 0 Å². The zero-order valence-electron chi connectivity index (χ0n) is 12.8.